The highest BCUT2D eigenvalue weighted by Crippen LogP contribution is 2.16. The Hall–Kier alpha value is -0.620. The van der Waals surface area contributed by atoms with Crippen molar-refractivity contribution in [3.63, 3.8) is 0 Å². The summed E-state index contributed by atoms with van der Waals surface area (Å²) in [6, 6.07) is 7.72. The molecule has 4 heteroatoms. The second kappa shape index (κ2) is 7.24. The maximum atomic E-state index is 12.0. The van der Waals surface area contributed by atoms with Gasteiger partial charge in [-0.3, -0.25) is 4.79 Å². The molecule has 1 aliphatic rings. The average molecular weight is 372 g/mol. The van der Waals surface area contributed by atoms with Crippen LogP contribution in [-0.4, -0.2) is 37.0 Å². The van der Waals surface area contributed by atoms with Crippen molar-refractivity contribution < 1.29 is 4.79 Å². The number of amides is 1. The molecule has 1 aliphatic heterocycles. The topological polar surface area (TPSA) is 32.3 Å². The highest BCUT2D eigenvalue weighted by Gasteiger charge is 2.18. The van der Waals surface area contributed by atoms with Gasteiger partial charge in [-0.2, -0.15) is 0 Å². The van der Waals surface area contributed by atoms with E-state index in [2.05, 4.69) is 39.7 Å². The van der Waals surface area contributed by atoms with E-state index in [-0.39, 0.29) is 5.91 Å². The summed E-state index contributed by atoms with van der Waals surface area (Å²) >= 11 is 2.23. The van der Waals surface area contributed by atoms with E-state index in [0.717, 1.165) is 22.2 Å². The lowest BCUT2D eigenvalue weighted by Crippen LogP contribution is -2.38. The Morgan fingerprint density at radius 1 is 1.42 bits per heavy atom. The van der Waals surface area contributed by atoms with Gasteiger partial charge in [0.15, 0.2) is 0 Å². The van der Waals surface area contributed by atoms with E-state index in [1.54, 1.807) is 0 Å². The van der Waals surface area contributed by atoms with Gasteiger partial charge in [0.05, 0.1) is 0 Å². The third-order valence-electron chi connectivity index (χ3n) is 3.79. The minimum atomic E-state index is 0.0523. The highest BCUT2D eigenvalue weighted by molar-refractivity contribution is 14.1. The van der Waals surface area contributed by atoms with Gasteiger partial charge in [-0.25, -0.2) is 0 Å². The quantitative estimate of drug-likeness (QED) is 0.825. The molecular weight excluding hydrogens is 351 g/mol. The second-order valence-corrected chi connectivity index (χ2v) is 6.34. The van der Waals surface area contributed by atoms with Crippen LogP contribution in [0.25, 0.3) is 0 Å². The molecule has 1 aromatic rings. The van der Waals surface area contributed by atoms with Crippen molar-refractivity contribution in [3.8, 4) is 0 Å². The van der Waals surface area contributed by atoms with Gasteiger partial charge in [0.25, 0.3) is 5.91 Å². The zero-order chi connectivity index (χ0) is 13.7. The van der Waals surface area contributed by atoms with Crippen LogP contribution in [0.3, 0.4) is 0 Å². The Labute approximate surface area is 128 Å². The molecule has 1 saturated heterocycles. The van der Waals surface area contributed by atoms with E-state index >= 15 is 0 Å². The number of hydrogen-bond donors (Lipinski definition) is 1. The lowest BCUT2D eigenvalue weighted by Gasteiger charge is -2.31. The van der Waals surface area contributed by atoms with Crippen LogP contribution in [0.5, 0.6) is 0 Å². The Balaban J connectivity index is 1.78. The fourth-order valence-corrected chi connectivity index (χ4v) is 3.02. The molecule has 1 fully saturated rings. The first kappa shape index (κ1) is 14.8. The fourth-order valence-electron chi connectivity index (χ4n) is 2.48. The number of rotatable bonds is 4. The molecule has 0 bridgehead atoms. The summed E-state index contributed by atoms with van der Waals surface area (Å²) in [5, 5.41) is 3.07. The molecule has 1 heterocycles. The van der Waals surface area contributed by atoms with Crippen molar-refractivity contribution in [1.82, 2.24) is 10.2 Å². The number of likely N-dealkylation sites (tertiary alicyclic amines) is 1. The zero-order valence-corrected chi connectivity index (χ0v) is 13.5. The molecule has 0 aromatic heterocycles. The normalized spacial score (nSPS) is 17.4. The number of hydrogen-bond acceptors (Lipinski definition) is 2. The molecule has 0 radical (unpaired) electrons. The lowest BCUT2D eigenvalue weighted by molar-refractivity contribution is 0.0937. The van der Waals surface area contributed by atoms with Gasteiger partial charge in [0.1, 0.15) is 0 Å². The number of carbonyl (C=O) groups is 1. The number of piperidine rings is 1. The zero-order valence-electron chi connectivity index (χ0n) is 11.4. The maximum absolute atomic E-state index is 12.0. The van der Waals surface area contributed by atoms with Gasteiger partial charge in [-0.1, -0.05) is 13.0 Å². The summed E-state index contributed by atoms with van der Waals surface area (Å²) < 4.78 is 1.10. The lowest BCUT2D eigenvalue weighted by atomic mass is 9.97. The van der Waals surface area contributed by atoms with Crippen molar-refractivity contribution >= 4 is 28.5 Å². The van der Waals surface area contributed by atoms with Crippen molar-refractivity contribution in [2.75, 3.05) is 26.2 Å². The molecular formula is C15H21IN2O. The van der Waals surface area contributed by atoms with Crippen molar-refractivity contribution in [1.29, 1.82) is 0 Å². The predicted molar refractivity (Wildman–Crippen MR) is 86.3 cm³/mol. The standard InChI is InChI=1S/C15H21IN2O/c1-2-18-8-6-12(7-9-18)11-17-15(19)13-4-3-5-14(16)10-13/h3-5,10,12H,2,6-9,11H2,1H3,(H,17,19). The Morgan fingerprint density at radius 2 is 2.16 bits per heavy atom. The Morgan fingerprint density at radius 3 is 2.79 bits per heavy atom. The first-order chi connectivity index (χ1) is 9.19. The van der Waals surface area contributed by atoms with E-state index in [0.29, 0.717) is 5.92 Å². The van der Waals surface area contributed by atoms with Gasteiger partial charge < -0.3 is 10.2 Å². The summed E-state index contributed by atoms with van der Waals surface area (Å²) in [4.78, 5) is 14.5. The first-order valence-corrected chi connectivity index (χ1v) is 8.03. The Bertz CT molecular complexity index is 428. The minimum absolute atomic E-state index is 0.0523. The van der Waals surface area contributed by atoms with Crippen molar-refractivity contribution in [2.24, 2.45) is 5.92 Å². The number of benzene rings is 1. The van der Waals surface area contributed by atoms with Crippen LogP contribution in [0.15, 0.2) is 24.3 Å². The molecule has 0 saturated carbocycles. The molecule has 1 N–H and O–H groups in total. The van der Waals surface area contributed by atoms with E-state index in [1.807, 2.05) is 24.3 Å². The molecule has 3 nitrogen and oxygen atoms in total. The van der Waals surface area contributed by atoms with Crippen LogP contribution in [0, 0.1) is 9.49 Å². The van der Waals surface area contributed by atoms with E-state index in [4.69, 9.17) is 0 Å². The van der Waals surface area contributed by atoms with Crippen LogP contribution in [0.2, 0.25) is 0 Å². The molecule has 104 valence electrons. The van der Waals surface area contributed by atoms with Crippen LogP contribution in [0.4, 0.5) is 0 Å². The number of halogens is 1. The molecule has 0 atom stereocenters. The third kappa shape index (κ3) is 4.45. The molecule has 2 rings (SSSR count). The van der Waals surface area contributed by atoms with Crippen LogP contribution in [-0.2, 0) is 0 Å². The number of nitrogens with one attached hydrogen (secondary N) is 1. The third-order valence-corrected chi connectivity index (χ3v) is 4.46. The van der Waals surface area contributed by atoms with E-state index in [9.17, 15) is 4.79 Å². The van der Waals surface area contributed by atoms with Gasteiger partial charge in [-0.15, -0.1) is 0 Å². The highest BCUT2D eigenvalue weighted by atomic mass is 127. The maximum Gasteiger partial charge on any atom is 0.251 e. The second-order valence-electron chi connectivity index (χ2n) is 5.10. The average Bonchev–Trinajstić information content (AvgIpc) is 2.45. The van der Waals surface area contributed by atoms with Crippen LogP contribution in [0.1, 0.15) is 30.1 Å². The van der Waals surface area contributed by atoms with E-state index in [1.165, 1.54) is 25.9 Å². The summed E-state index contributed by atoms with van der Waals surface area (Å²) in [5.74, 6) is 0.686. The van der Waals surface area contributed by atoms with Crippen LogP contribution < -0.4 is 5.32 Å². The van der Waals surface area contributed by atoms with Crippen molar-refractivity contribution in [3.05, 3.63) is 33.4 Å². The molecule has 0 aliphatic carbocycles. The molecule has 1 amide bonds. The largest absolute Gasteiger partial charge is 0.352 e. The van der Waals surface area contributed by atoms with Gasteiger partial charge in [0, 0.05) is 15.7 Å². The summed E-state index contributed by atoms with van der Waals surface area (Å²) in [7, 11) is 0. The summed E-state index contributed by atoms with van der Waals surface area (Å²) in [6.45, 7) is 6.49. The first-order valence-electron chi connectivity index (χ1n) is 6.95. The van der Waals surface area contributed by atoms with Crippen LogP contribution >= 0.6 is 22.6 Å². The van der Waals surface area contributed by atoms with Gasteiger partial charge in [-0.05, 0) is 79.2 Å². The SMILES string of the molecule is CCN1CCC(CNC(=O)c2cccc(I)c2)CC1. The minimum Gasteiger partial charge on any atom is -0.352 e. The van der Waals surface area contributed by atoms with Gasteiger partial charge in [0.2, 0.25) is 0 Å². The fraction of sp³-hybridized carbons (Fsp3) is 0.533. The molecule has 0 spiro atoms. The summed E-state index contributed by atoms with van der Waals surface area (Å²) in [6.07, 6.45) is 2.39. The predicted octanol–water partition coefficient (Wildman–Crippen LogP) is 2.75. The van der Waals surface area contributed by atoms with Gasteiger partial charge >= 0.3 is 0 Å². The smallest absolute Gasteiger partial charge is 0.251 e. The summed E-state index contributed by atoms with van der Waals surface area (Å²) in [5.41, 5.74) is 0.762. The van der Waals surface area contributed by atoms with E-state index < -0.39 is 0 Å². The monoisotopic (exact) mass is 372 g/mol. The molecule has 0 unspecified atom stereocenters. The molecule has 1 aromatic carbocycles. The Kier molecular flexibility index (Phi) is 5.63. The van der Waals surface area contributed by atoms with Crippen molar-refractivity contribution in [2.45, 2.75) is 19.8 Å². The number of carbonyl (C=O) groups excluding carboxylic acids is 1. The number of nitrogens with zero attached hydrogens (tertiary/aromatic N) is 1. The molecule has 19 heavy (non-hydrogen) atoms.